The minimum atomic E-state index is 0.288. The van der Waals surface area contributed by atoms with E-state index in [0.717, 1.165) is 56.9 Å². The van der Waals surface area contributed by atoms with Gasteiger partial charge in [0.1, 0.15) is 0 Å². The molecule has 0 atom stereocenters. The van der Waals surface area contributed by atoms with Crippen LogP contribution in [0.4, 0.5) is 0 Å². The molecule has 1 heterocycles. The van der Waals surface area contributed by atoms with Crippen molar-refractivity contribution in [1.29, 1.82) is 0 Å². The Bertz CT molecular complexity index is 511. The van der Waals surface area contributed by atoms with Crippen molar-refractivity contribution in [3.63, 3.8) is 0 Å². The maximum atomic E-state index is 12.2. The van der Waals surface area contributed by atoms with Crippen LogP contribution in [0.3, 0.4) is 0 Å². The molecule has 0 unspecified atom stereocenters. The van der Waals surface area contributed by atoms with Crippen molar-refractivity contribution in [3.05, 3.63) is 23.8 Å². The zero-order valence-corrected chi connectivity index (χ0v) is 15.0. The lowest BCUT2D eigenvalue weighted by Gasteiger charge is -2.20. The van der Waals surface area contributed by atoms with Crippen LogP contribution in [0.2, 0.25) is 0 Å². The summed E-state index contributed by atoms with van der Waals surface area (Å²) in [6.45, 7) is 3.46. The Morgan fingerprint density at radius 3 is 2.42 bits per heavy atom. The third-order valence-electron chi connectivity index (χ3n) is 4.51. The van der Waals surface area contributed by atoms with Crippen molar-refractivity contribution in [2.75, 3.05) is 40.4 Å². The zero-order valence-electron chi connectivity index (χ0n) is 15.0. The van der Waals surface area contributed by atoms with Gasteiger partial charge in [-0.3, -0.25) is 4.79 Å². The van der Waals surface area contributed by atoms with Crippen LogP contribution in [0, 0.1) is 0 Å². The zero-order chi connectivity index (χ0) is 17.2. The highest BCUT2D eigenvalue weighted by atomic mass is 16.5. The largest absolute Gasteiger partial charge is 0.493 e. The molecular weight excluding hydrogens is 304 g/mol. The molecule has 0 bridgehead atoms. The quantitative estimate of drug-likeness (QED) is 0.743. The number of amides is 1. The van der Waals surface area contributed by atoms with E-state index in [1.54, 1.807) is 14.2 Å². The summed E-state index contributed by atoms with van der Waals surface area (Å²) in [7, 11) is 3.29. The minimum absolute atomic E-state index is 0.288. The topological polar surface area (TPSA) is 50.8 Å². The molecule has 1 aromatic carbocycles. The average molecular weight is 334 g/mol. The average Bonchev–Trinajstić information content (AvgIpc) is 2.90. The fourth-order valence-corrected chi connectivity index (χ4v) is 3.07. The van der Waals surface area contributed by atoms with E-state index in [9.17, 15) is 4.79 Å². The van der Waals surface area contributed by atoms with Crippen LogP contribution in [0.25, 0.3) is 0 Å². The highest BCUT2D eigenvalue weighted by Crippen LogP contribution is 2.27. The van der Waals surface area contributed by atoms with Crippen LogP contribution in [0.5, 0.6) is 11.5 Å². The summed E-state index contributed by atoms with van der Waals surface area (Å²) in [5.74, 6) is 1.79. The lowest BCUT2D eigenvalue weighted by molar-refractivity contribution is -0.131. The molecule has 2 rings (SSSR count). The lowest BCUT2D eigenvalue weighted by Crippen LogP contribution is -2.34. The summed E-state index contributed by atoms with van der Waals surface area (Å²) in [4.78, 5) is 14.2. The first kappa shape index (κ1) is 18.6. The van der Waals surface area contributed by atoms with Crippen LogP contribution < -0.4 is 14.8 Å². The van der Waals surface area contributed by atoms with Gasteiger partial charge in [0.2, 0.25) is 5.91 Å². The molecular formula is C19H30N2O3. The van der Waals surface area contributed by atoms with Gasteiger partial charge >= 0.3 is 0 Å². The Morgan fingerprint density at radius 2 is 1.75 bits per heavy atom. The van der Waals surface area contributed by atoms with E-state index >= 15 is 0 Å². The molecule has 5 nitrogen and oxygen atoms in total. The van der Waals surface area contributed by atoms with Crippen molar-refractivity contribution in [2.24, 2.45) is 0 Å². The number of ether oxygens (including phenoxy) is 2. The number of benzene rings is 1. The highest BCUT2D eigenvalue weighted by Gasteiger charge is 2.14. The molecule has 5 heteroatoms. The third-order valence-corrected chi connectivity index (χ3v) is 4.51. The summed E-state index contributed by atoms with van der Waals surface area (Å²) in [6.07, 6.45) is 6.31. The van der Waals surface area contributed by atoms with Crippen molar-refractivity contribution in [1.82, 2.24) is 10.2 Å². The predicted molar refractivity (Wildman–Crippen MR) is 95.8 cm³/mol. The van der Waals surface area contributed by atoms with Gasteiger partial charge in [0.25, 0.3) is 0 Å². The van der Waals surface area contributed by atoms with E-state index in [-0.39, 0.29) is 5.91 Å². The second kappa shape index (κ2) is 10.2. The van der Waals surface area contributed by atoms with E-state index in [4.69, 9.17) is 9.47 Å². The summed E-state index contributed by atoms with van der Waals surface area (Å²) in [5, 5.41) is 3.37. The first-order valence-electron chi connectivity index (χ1n) is 8.94. The van der Waals surface area contributed by atoms with E-state index in [0.29, 0.717) is 6.42 Å². The molecule has 0 saturated carbocycles. The Kier molecular flexibility index (Phi) is 7.89. The molecule has 1 fully saturated rings. The molecule has 134 valence electrons. The number of rotatable bonds is 8. The monoisotopic (exact) mass is 334 g/mol. The second-order valence-corrected chi connectivity index (χ2v) is 6.23. The Morgan fingerprint density at radius 1 is 1.04 bits per heavy atom. The fraction of sp³-hybridized carbons (Fsp3) is 0.632. The van der Waals surface area contributed by atoms with E-state index < -0.39 is 0 Å². The number of hydrogen-bond donors (Lipinski definition) is 1. The van der Waals surface area contributed by atoms with E-state index in [1.807, 2.05) is 23.1 Å². The normalized spacial score (nSPS) is 15.0. The number of methoxy groups -OCH3 is 2. The minimum Gasteiger partial charge on any atom is -0.493 e. The third kappa shape index (κ3) is 5.71. The number of hydrogen-bond acceptors (Lipinski definition) is 4. The maximum Gasteiger partial charge on any atom is 0.223 e. The highest BCUT2D eigenvalue weighted by molar-refractivity contribution is 5.76. The van der Waals surface area contributed by atoms with Gasteiger partial charge in [-0.1, -0.05) is 18.9 Å². The molecule has 24 heavy (non-hydrogen) atoms. The summed E-state index contributed by atoms with van der Waals surface area (Å²) in [6, 6.07) is 5.98. The van der Waals surface area contributed by atoms with Crippen LogP contribution >= 0.6 is 0 Å². The van der Waals surface area contributed by atoms with E-state index in [1.165, 1.54) is 18.4 Å². The van der Waals surface area contributed by atoms with Gasteiger partial charge in [-0.15, -0.1) is 0 Å². The smallest absolute Gasteiger partial charge is 0.223 e. The van der Waals surface area contributed by atoms with Crippen molar-refractivity contribution in [3.8, 4) is 11.5 Å². The summed E-state index contributed by atoms with van der Waals surface area (Å²) < 4.78 is 10.6. The summed E-state index contributed by atoms with van der Waals surface area (Å²) in [5.41, 5.74) is 1.19. The molecule has 1 aliphatic heterocycles. The van der Waals surface area contributed by atoms with Gasteiger partial charge < -0.3 is 19.7 Å². The van der Waals surface area contributed by atoms with Gasteiger partial charge in [0, 0.05) is 26.1 Å². The van der Waals surface area contributed by atoms with Crippen molar-refractivity contribution >= 4 is 5.91 Å². The Hall–Kier alpha value is -1.75. The standard InChI is InChI=1S/C19H30N2O3/c1-23-17-8-7-16(15-18(17)24-2)9-11-20-12-10-19(22)21-13-5-3-4-6-14-21/h7-8,15,20H,3-6,9-14H2,1-2H3. The molecule has 1 aliphatic rings. The Balaban J connectivity index is 1.66. The predicted octanol–water partition coefficient (Wildman–Crippen LogP) is 2.63. The lowest BCUT2D eigenvalue weighted by atomic mass is 10.1. The number of likely N-dealkylation sites (tertiary alicyclic amines) is 1. The van der Waals surface area contributed by atoms with Crippen LogP contribution in [0.15, 0.2) is 18.2 Å². The molecule has 1 N–H and O–H groups in total. The van der Waals surface area contributed by atoms with Crippen molar-refractivity contribution in [2.45, 2.75) is 38.5 Å². The Labute approximate surface area is 145 Å². The molecule has 1 amide bonds. The van der Waals surface area contributed by atoms with Crippen molar-refractivity contribution < 1.29 is 14.3 Å². The molecule has 0 aliphatic carbocycles. The summed E-state index contributed by atoms with van der Waals surface area (Å²) >= 11 is 0. The fourth-order valence-electron chi connectivity index (χ4n) is 3.07. The van der Waals surface area contributed by atoms with Gasteiger partial charge in [-0.2, -0.15) is 0 Å². The SMILES string of the molecule is COc1ccc(CCNCCC(=O)N2CCCCCC2)cc1OC. The number of carbonyl (C=O) groups is 1. The van der Waals surface area contributed by atoms with Gasteiger partial charge in [-0.05, 0) is 43.5 Å². The first-order valence-corrected chi connectivity index (χ1v) is 8.94. The van der Waals surface area contributed by atoms with Gasteiger partial charge in [0.05, 0.1) is 14.2 Å². The van der Waals surface area contributed by atoms with Gasteiger partial charge in [-0.25, -0.2) is 0 Å². The van der Waals surface area contributed by atoms with Crippen LogP contribution in [-0.4, -0.2) is 51.2 Å². The van der Waals surface area contributed by atoms with E-state index in [2.05, 4.69) is 5.32 Å². The number of nitrogens with zero attached hydrogens (tertiary/aromatic N) is 1. The molecule has 1 saturated heterocycles. The molecule has 1 aromatic rings. The first-order chi connectivity index (χ1) is 11.7. The van der Waals surface area contributed by atoms with Gasteiger partial charge in [0.15, 0.2) is 11.5 Å². The molecule has 0 spiro atoms. The molecule has 0 radical (unpaired) electrons. The van der Waals surface area contributed by atoms with Crippen LogP contribution in [-0.2, 0) is 11.2 Å². The second-order valence-electron chi connectivity index (χ2n) is 6.23. The number of carbonyl (C=O) groups excluding carboxylic acids is 1. The molecule has 0 aromatic heterocycles. The maximum absolute atomic E-state index is 12.2. The number of nitrogens with one attached hydrogen (secondary N) is 1. The van der Waals surface area contributed by atoms with Crippen LogP contribution in [0.1, 0.15) is 37.7 Å².